The monoisotopic (exact) mass is 302 g/mol. The first-order valence-electron chi connectivity index (χ1n) is 7.83. The van der Waals surface area contributed by atoms with Gasteiger partial charge < -0.3 is 16.0 Å². The minimum absolute atomic E-state index is 0.0449. The molecule has 2 aliphatic rings. The van der Waals surface area contributed by atoms with E-state index >= 15 is 0 Å². The Hall–Kier alpha value is -2.08. The molecule has 2 heterocycles. The van der Waals surface area contributed by atoms with E-state index < -0.39 is 0 Å². The van der Waals surface area contributed by atoms with Crippen molar-refractivity contribution in [2.24, 2.45) is 0 Å². The van der Waals surface area contributed by atoms with Gasteiger partial charge >= 0.3 is 6.03 Å². The average molecular weight is 302 g/mol. The zero-order valence-electron chi connectivity index (χ0n) is 12.8. The molecule has 2 unspecified atom stereocenters. The summed E-state index contributed by atoms with van der Waals surface area (Å²) in [5.41, 5.74) is 1.46. The lowest BCUT2D eigenvalue weighted by Crippen LogP contribution is -2.46. The molecule has 3 N–H and O–H groups in total. The van der Waals surface area contributed by atoms with Crippen LogP contribution in [-0.4, -0.2) is 43.7 Å². The van der Waals surface area contributed by atoms with Gasteiger partial charge in [-0.25, -0.2) is 4.79 Å². The molecule has 2 fully saturated rings. The number of hydrogen-bond acceptors (Lipinski definition) is 3. The van der Waals surface area contributed by atoms with E-state index in [2.05, 4.69) is 22.9 Å². The number of urea groups is 1. The SMILES string of the molecule is CC1CC(NC(=O)c2ccc(N3CCNC3=O)cc2)CCN1. The predicted octanol–water partition coefficient (Wildman–Crippen LogP) is 1.09. The van der Waals surface area contributed by atoms with Crippen LogP contribution >= 0.6 is 0 Å². The highest BCUT2D eigenvalue weighted by molar-refractivity contribution is 5.97. The Bertz CT molecular complexity index is 558. The molecular formula is C16H22N4O2. The Morgan fingerprint density at radius 1 is 1.27 bits per heavy atom. The molecule has 0 aliphatic carbocycles. The van der Waals surface area contributed by atoms with Gasteiger partial charge in [-0.1, -0.05) is 0 Å². The van der Waals surface area contributed by atoms with Gasteiger partial charge in [-0.3, -0.25) is 9.69 Å². The van der Waals surface area contributed by atoms with E-state index in [0.29, 0.717) is 24.7 Å². The third-order valence-corrected chi connectivity index (χ3v) is 4.26. The number of benzene rings is 1. The first kappa shape index (κ1) is 14.8. The van der Waals surface area contributed by atoms with E-state index in [9.17, 15) is 9.59 Å². The summed E-state index contributed by atoms with van der Waals surface area (Å²) in [6, 6.07) is 7.79. The number of piperidine rings is 1. The van der Waals surface area contributed by atoms with Crippen molar-refractivity contribution in [3.05, 3.63) is 29.8 Å². The van der Waals surface area contributed by atoms with Crippen LogP contribution in [0.15, 0.2) is 24.3 Å². The molecular weight excluding hydrogens is 280 g/mol. The highest BCUT2D eigenvalue weighted by atomic mass is 16.2. The van der Waals surface area contributed by atoms with Crippen LogP contribution in [0, 0.1) is 0 Å². The van der Waals surface area contributed by atoms with E-state index in [4.69, 9.17) is 0 Å². The third-order valence-electron chi connectivity index (χ3n) is 4.26. The molecule has 1 aromatic rings. The Kier molecular flexibility index (Phi) is 4.29. The largest absolute Gasteiger partial charge is 0.349 e. The quantitative estimate of drug-likeness (QED) is 0.782. The molecule has 0 aromatic heterocycles. The summed E-state index contributed by atoms with van der Waals surface area (Å²) in [7, 11) is 0. The van der Waals surface area contributed by atoms with Gasteiger partial charge in [0.1, 0.15) is 0 Å². The Morgan fingerprint density at radius 3 is 2.68 bits per heavy atom. The zero-order chi connectivity index (χ0) is 15.5. The second kappa shape index (κ2) is 6.36. The van der Waals surface area contributed by atoms with E-state index in [0.717, 1.165) is 25.1 Å². The molecule has 2 aliphatic heterocycles. The zero-order valence-corrected chi connectivity index (χ0v) is 12.8. The highest BCUT2D eigenvalue weighted by Crippen LogP contribution is 2.17. The van der Waals surface area contributed by atoms with Gasteiger partial charge in [0.2, 0.25) is 0 Å². The number of anilines is 1. The van der Waals surface area contributed by atoms with Crippen LogP contribution in [0.1, 0.15) is 30.1 Å². The third kappa shape index (κ3) is 3.22. The van der Waals surface area contributed by atoms with Crippen molar-refractivity contribution < 1.29 is 9.59 Å². The number of amides is 3. The summed E-state index contributed by atoms with van der Waals surface area (Å²) < 4.78 is 0. The van der Waals surface area contributed by atoms with Crippen LogP contribution in [0.25, 0.3) is 0 Å². The molecule has 0 saturated carbocycles. The summed E-state index contributed by atoms with van der Waals surface area (Å²) >= 11 is 0. The lowest BCUT2D eigenvalue weighted by Gasteiger charge is -2.28. The van der Waals surface area contributed by atoms with Gasteiger partial charge in [0.05, 0.1) is 0 Å². The molecule has 2 saturated heterocycles. The van der Waals surface area contributed by atoms with Crippen molar-refractivity contribution in [3.8, 4) is 0 Å². The first-order valence-corrected chi connectivity index (χ1v) is 7.83. The van der Waals surface area contributed by atoms with Gasteiger partial charge in [0.25, 0.3) is 5.91 Å². The van der Waals surface area contributed by atoms with E-state index in [1.54, 1.807) is 17.0 Å². The summed E-state index contributed by atoms with van der Waals surface area (Å²) in [5.74, 6) is -0.0449. The minimum Gasteiger partial charge on any atom is -0.349 e. The van der Waals surface area contributed by atoms with Crippen molar-refractivity contribution in [2.75, 3.05) is 24.5 Å². The van der Waals surface area contributed by atoms with E-state index in [1.165, 1.54) is 0 Å². The lowest BCUT2D eigenvalue weighted by molar-refractivity contribution is 0.0925. The standard InChI is InChI=1S/C16H22N4O2/c1-11-10-13(6-7-17-11)19-15(21)12-2-4-14(5-3-12)20-9-8-18-16(20)22/h2-5,11,13,17H,6-10H2,1H3,(H,18,22)(H,19,21). The number of rotatable bonds is 3. The number of carbonyl (C=O) groups excluding carboxylic acids is 2. The van der Waals surface area contributed by atoms with Crippen LogP contribution in [0.2, 0.25) is 0 Å². The maximum Gasteiger partial charge on any atom is 0.321 e. The number of hydrogen-bond donors (Lipinski definition) is 3. The van der Waals surface area contributed by atoms with Crippen molar-refractivity contribution in [1.82, 2.24) is 16.0 Å². The average Bonchev–Trinajstić information content (AvgIpc) is 2.93. The Labute approximate surface area is 130 Å². The normalized spacial score (nSPS) is 25.0. The molecule has 6 heteroatoms. The highest BCUT2D eigenvalue weighted by Gasteiger charge is 2.22. The Morgan fingerprint density at radius 2 is 2.05 bits per heavy atom. The molecule has 2 atom stereocenters. The maximum atomic E-state index is 12.3. The molecule has 0 radical (unpaired) electrons. The molecule has 6 nitrogen and oxygen atoms in total. The van der Waals surface area contributed by atoms with E-state index in [-0.39, 0.29) is 18.0 Å². The number of carbonyl (C=O) groups is 2. The van der Waals surface area contributed by atoms with Crippen LogP contribution in [0.5, 0.6) is 0 Å². The minimum atomic E-state index is -0.0825. The molecule has 0 spiro atoms. The Balaban J connectivity index is 1.62. The summed E-state index contributed by atoms with van der Waals surface area (Å²) in [6.07, 6.45) is 1.92. The molecule has 0 bridgehead atoms. The predicted molar refractivity (Wildman–Crippen MR) is 85.1 cm³/mol. The fourth-order valence-electron chi connectivity index (χ4n) is 3.04. The van der Waals surface area contributed by atoms with Crippen LogP contribution in [0.4, 0.5) is 10.5 Å². The van der Waals surface area contributed by atoms with E-state index in [1.807, 2.05) is 12.1 Å². The second-order valence-corrected chi connectivity index (χ2v) is 5.98. The van der Waals surface area contributed by atoms with Gasteiger partial charge in [-0.15, -0.1) is 0 Å². The first-order chi connectivity index (χ1) is 10.6. The van der Waals surface area contributed by atoms with Gasteiger partial charge in [-0.2, -0.15) is 0 Å². The van der Waals surface area contributed by atoms with Gasteiger partial charge in [0.15, 0.2) is 0 Å². The topological polar surface area (TPSA) is 73.5 Å². The smallest absolute Gasteiger partial charge is 0.321 e. The lowest BCUT2D eigenvalue weighted by atomic mass is 10.0. The summed E-state index contributed by atoms with van der Waals surface area (Å²) in [5, 5.41) is 9.23. The van der Waals surface area contributed by atoms with Crippen molar-refractivity contribution in [3.63, 3.8) is 0 Å². The van der Waals surface area contributed by atoms with Gasteiger partial charge in [0, 0.05) is 36.4 Å². The maximum absolute atomic E-state index is 12.3. The second-order valence-electron chi connectivity index (χ2n) is 5.98. The molecule has 3 amide bonds. The van der Waals surface area contributed by atoms with Crippen molar-refractivity contribution in [2.45, 2.75) is 31.8 Å². The van der Waals surface area contributed by atoms with Crippen LogP contribution in [-0.2, 0) is 0 Å². The number of nitrogens with zero attached hydrogens (tertiary/aromatic N) is 1. The molecule has 3 rings (SSSR count). The number of nitrogens with one attached hydrogen (secondary N) is 3. The summed E-state index contributed by atoms with van der Waals surface area (Å²) in [6.45, 7) is 4.40. The van der Waals surface area contributed by atoms with Gasteiger partial charge in [-0.05, 0) is 50.6 Å². The van der Waals surface area contributed by atoms with Crippen LogP contribution in [0.3, 0.4) is 0 Å². The fraction of sp³-hybridized carbons (Fsp3) is 0.500. The molecule has 118 valence electrons. The van der Waals surface area contributed by atoms with Crippen molar-refractivity contribution >= 4 is 17.6 Å². The molecule has 1 aromatic carbocycles. The van der Waals surface area contributed by atoms with Crippen molar-refractivity contribution in [1.29, 1.82) is 0 Å². The summed E-state index contributed by atoms with van der Waals surface area (Å²) in [4.78, 5) is 25.6. The molecule has 22 heavy (non-hydrogen) atoms. The fourth-order valence-corrected chi connectivity index (χ4v) is 3.04. The van der Waals surface area contributed by atoms with Crippen LogP contribution < -0.4 is 20.9 Å².